The number of thiophene rings is 1. The molecule has 1 aromatic heterocycles. The number of piperidine rings is 1. The Morgan fingerprint density at radius 2 is 1.96 bits per heavy atom. The zero-order valence-corrected chi connectivity index (χ0v) is 17.8. The molecule has 0 bridgehead atoms. The van der Waals surface area contributed by atoms with Crippen LogP contribution in [-0.2, 0) is 6.42 Å². The number of rotatable bonds is 8. The van der Waals surface area contributed by atoms with E-state index < -0.39 is 0 Å². The van der Waals surface area contributed by atoms with Crippen LogP contribution in [0.25, 0.3) is 0 Å². The summed E-state index contributed by atoms with van der Waals surface area (Å²) in [6.45, 7) is 3.75. The Bertz CT molecular complexity index is 699. The molecule has 2 aromatic rings. The summed E-state index contributed by atoms with van der Waals surface area (Å²) in [7, 11) is 4.37. The maximum Gasteiger partial charge on any atom is 0.315 e. The molecule has 1 atom stereocenters. The van der Waals surface area contributed by atoms with Gasteiger partial charge in [0.25, 0.3) is 0 Å². The van der Waals surface area contributed by atoms with Gasteiger partial charge >= 0.3 is 6.03 Å². The van der Waals surface area contributed by atoms with Gasteiger partial charge in [0.05, 0.1) is 6.04 Å². The van der Waals surface area contributed by atoms with Crippen LogP contribution >= 0.6 is 11.3 Å². The lowest BCUT2D eigenvalue weighted by Crippen LogP contribution is -2.47. The van der Waals surface area contributed by atoms with Crippen molar-refractivity contribution in [1.82, 2.24) is 20.4 Å². The zero-order chi connectivity index (χ0) is 19.8. The molecule has 5 nitrogen and oxygen atoms in total. The van der Waals surface area contributed by atoms with Gasteiger partial charge in [0, 0.05) is 24.0 Å². The number of benzene rings is 1. The fourth-order valence-electron chi connectivity index (χ4n) is 3.76. The van der Waals surface area contributed by atoms with Crippen LogP contribution in [-0.4, -0.2) is 62.1 Å². The molecule has 0 spiro atoms. The van der Waals surface area contributed by atoms with E-state index in [-0.39, 0.29) is 12.1 Å². The second kappa shape index (κ2) is 10.6. The first-order valence-corrected chi connectivity index (χ1v) is 11.0. The highest BCUT2D eigenvalue weighted by Crippen LogP contribution is 2.19. The first-order valence-electron chi connectivity index (χ1n) is 10.1. The summed E-state index contributed by atoms with van der Waals surface area (Å²) in [5.74, 6) is 0. The second-order valence-corrected chi connectivity index (χ2v) is 8.70. The van der Waals surface area contributed by atoms with Gasteiger partial charge < -0.3 is 20.4 Å². The maximum atomic E-state index is 12.5. The molecule has 2 heterocycles. The molecule has 0 saturated carbocycles. The number of carbonyl (C=O) groups excluding carboxylic acids is 1. The normalized spacial score (nSPS) is 16.8. The topological polar surface area (TPSA) is 47.6 Å². The monoisotopic (exact) mass is 400 g/mol. The summed E-state index contributed by atoms with van der Waals surface area (Å²) >= 11 is 1.73. The van der Waals surface area contributed by atoms with E-state index in [4.69, 9.17) is 0 Å². The summed E-state index contributed by atoms with van der Waals surface area (Å²) < 4.78 is 0. The average molecular weight is 401 g/mol. The Hall–Kier alpha value is -1.89. The number of nitrogens with zero attached hydrogens (tertiary/aromatic N) is 2. The fourth-order valence-corrected chi connectivity index (χ4v) is 4.46. The summed E-state index contributed by atoms with van der Waals surface area (Å²) in [6, 6.07) is 14.9. The molecular weight excluding hydrogens is 368 g/mol. The first-order chi connectivity index (χ1) is 13.6. The van der Waals surface area contributed by atoms with Crippen LogP contribution in [0.2, 0.25) is 0 Å². The van der Waals surface area contributed by atoms with E-state index in [0.29, 0.717) is 12.6 Å². The van der Waals surface area contributed by atoms with Crippen LogP contribution in [0.3, 0.4) is 0 Å². The molecule has 1 aliphatic rings. The molecule has 28 heavy (non-hydrogen) atoms. The molecule has 1 saturated heterocycles. The molecule has 3 rings (SSSR count). The molecule has 2 N–H and O–H groups in total. The molecule has 152 valence electrons. The lowest BCUT2D eigenvalue weighted by Gasteiger charge is -2.37. The molecule has 1 fully saturated rings. The Morgan fingerprint density at radius 3 is 2.64 bits per heavy atom. The largest absolute Gasteiger partial charge is 0.338 e. The van der Waals surface area contributed by atoms with Crippen LogP contribution in [0, 0.1) is 0 Å². The predicted molar refractivity (Wildman–Crippen MR) is 117 cm³/mol. The Morgan fingerprint density at radius 1 is 1.21 bits per heavy atom. The van der Waals surface area contributed by atoms with E-state index in [1.807, 2.05) is 24.3 Å². The van der Waals surface area contributed by atoms with Gasteiger partial charge in [-0.1, -0.05) is 36.4 Å². The standard InChI is InChI=1S/C22H32N4OS/c1-25-14-11-19(12-15-25)26(2)17-21(18-7-4-3-5-8-18)24-22(27)23-13-10-20-9-6-16-28-20/h3-9,16,19,21H,10-15,17H2,1-2H3,(H2,23,24,27)/t21-/m0/s1. The van der Waals surface area contributed by atoms with Crippen molar-refractivity contribution in [2.75, 3.05) is 40.3 Å². The van der Waals surface area contributed by atoms with Crippen molar-refractivity contribution in [2.24, 2.45) is 0 Å². The minimum atomic E-state index is -0.0952. The minimum Gasteiger partial charge on any atom is -0.338 e. The number of likely N-dealkylation sites (tertiary alicyclic amines) is 1. The number of amides is 2. The molecule has 2 amide bonds. The smallest absolute Gasteiger partial charge is 0.315 e. The van der Waals surface area contributed by atoms with Crippen molar-refractivity contribution < 1.29 is 4.79 Å². The Balaban J connectivity index is 1.55. The summed E-state index contributed by atoms with van der Waals surface area (Å²) in [5, 5.41) is 8.27. The van der Waals surface area contributed by atoms with Gasteiger partial charge in [0.2, 0.25) is 0 Å². The Labute approximate surface area is 172 Å². The van der Waals surface area contributed by atoms with Crippen molar-refractivity contribution in [3.8, 4) is 0 Å². The third kappa shape index (κ3) is 6.33. The maximum absolute atomic E-state index is 12.5. The van der Waals surface area contributed by atoms with E-state index in [1.165, 1.54) is 17.7 Å². The van der Waals surface area contributed by atoms with Gasteiger partial charge in [-0.05, 0) is 63.5 Å². The van der Waals surface area contributed by atoms with Gasteiger partial charge in [0.15, 0.2) is 0 Å². The van der Waals surface area contributed by atoms with Crippen LogP contribution in [0.15, 0.2) is 47.8 Å². The van der Waals surface area contributed by atoms with Gasteiger partial charge in [-0.15, -0.1) is 11.3 Å². The predicted octanol–water partition coefficient (Wildman–Crippen LogP) is 3.36. The zero-order valence-electron chi connectivity index (χ0n) is 16.9. The van der Waals surface area contributed by atoms with Crippen LogP contribution in [0.5, 0.6) is 0 Å². The fraction of sp³-hybridized carbons (Fsp3) is 0.500. The van der Waals surface area contributed by atoms with Gasteiger partial charge in [0.1, 0.15) is 0 Å². The van der Waals surface area contributed by atoms with Crippen molar-refractivity contribution in [2.45, 2.75) is 31.3 Å². The van der Waals surface area contributed by atoms with Gasteiger partial charge in [-0.3, -0.25) is 0 Å². The van der Waals surface area contributed by atoms with Crippen molar-refractivity contribution in [3.63, 3.8) is 0 Å². The second-order valence-electron chi connectivity index (χ2n) is 7.67. The van der Waals surface area contributed by atoms with Crippen LogP contribution in [0.1, 0.15) is 29.3 Å². The van der Waals surface area contributed by atoms with Crippen LogP contribution in [0.4, 0.5) is 4.79 Å². The van der Waals surface area contributed by atoms with Crippen molar-refractivity contribution in [3.05, 3.63) is 58.3 Å². The molecule has 0 unspecified atom stereocenters. The molecule has 1 aromatic carbocycles. The highest BCUT2D eigenvalue weighted by atomic mass is 32.1. The van der Waals surface area contributed by atoms with Gasteiger partial charge in [-0.2, -0.15) is 0 Å². The van der Waals surface area contributed by atoms with E-state index in [1.54, 1.807) is 11.3 Å². The molecule has 6 heteroatoms. The molecule has 0 aliphatic carbocycles. The quantitative estimate of drug-likeness (QED) is 0.714. The summed E-state index contributed by atoms with van der Waals surface area (Å²) in [4.78, 5) is 18.6. The van der Waals surface area contributed by atoms with E-state index in [0.717, 1.165) is 31.6 Å². The number of nitrogens with one attached hydrogen (secondary N) is 2. The summed E-state index contributed by atoms with van der Waals surface area (Å²) in [6.07, 6.45) is 3.24. The molecular formula is C22H32N4OS. The van der Waals surface area contributed by atoms with Gasteiger partial charge in [-0.25, -0.2) is 4.79 Å². The minimum absolute atomic E-state index is 0.0207. The number of hydrogen-bond acceptors (Lipinski definition) is 4. The van der Waals surface area contributed by atoms with Crippen LogP contribution < -0.4 is 10.6 Å². The highest BCUT2D eigenvalue weighted by Gasteiger charge is 2.24. The molecule has 1 aliphatic heterocycles. The highest BCUT2D eigenvalue weighted by molar-refractivity contribution is 7.09. The number of carbonyl (C=O) groups is 1. The lowest BCUT2D eigenvalue weighted by atomic mass is 10.0. The lowest BCUT2D eigenvalue weighted by molar-refractivity contribution is 0.135. The summed E-state index contributed by atoms with van der Waals surface area (Å²) in [5.41, 5.74) is 1.15. The number of hydrogen-bond donors (Lipinski definition) is 2. The average Bonchev–Trinajstić information content (AvgIpc) is 3.22. The third-order valence-corrected chi connectivity index (χ3v) is 6.46. The third-order valence-electron chi connectivity index (χ3n) is 5.53. The van der Waals surface area contributed by atoms with E-state index in [9.17, 15) is 4.79 Å². The number of likely N-dealkylation sites (N-methyl/N-ethyl adjacent to an activating group) is 1. The SMILES string of the molecule is CN1CCC(N(C)C[C@H](NC(=O)NCCc2cccs2)c2ccccc2)CC1. The Kier molecular flexibility index (Phi) is 7.89. The van der Waals surface area contributed by atoms with E-state index >= 15 is 0 Å². The van der Waals surface area contributed by atoms with E-state index in [2.05, 4.69) is 58.1 Å². The first kappa shape index (κ1) is 20.8. The molecule has 0 radical (unpaired) electrons. The van der Waals surface area contributed by atoms with Crippen molar-refractivity contribution >= 4 is 17.4 Å². The van der Waals surface area contributed by atoms with Crippen molar-refractivity contribution in [1.29, 1.82) is 0 Å². The number of urea groups is 1.